The highest BCUT2D eigenvalue weighted by molar-refractivity contribution is 7.89. The number of sulfonamides is 1. The van der Waals surface area contributed by atoms with Gasteiger partial charge in [-0.3, -0.25) is 4.79 Å². The largest absolute Gasteiger partial charge is 0.496 e. The van der Waals surface area contributed by atoms with E-state index in [1.165, 1.54) is 25.3 Å². The predicted molar refractivity (Wildman–Crippen MR) is 81.1 cm³/mol. The first-order chi connectivity index (χ1) is 9.60. The molecule has 118 valence electrons. The molecule has 0 spiro atoms. The number of ether oxygens (including phenoxy) is 1. The lowest BCUT2D eigenvalue weighted by atomic mass is 10.1. The van der Waals surface area contributed by atoms with Crippen LogP contribution < -0.4 is 14.8 Å². The molecule has 7 heteroatoms. The number of rotatable bonds is 5. The van der Waals surface area contributed by atoms with Crippen LogP contribution in [0, 0.1) is 0 Å². The van der Waals surface area contributed by atoms with Crippen molar-refractivity contribution in [3.05, 3.63) is 23.8 Å². The van der Waals surface area contributed by atoms with Crippen LogP contribution in [0.2, 0.25) is 0 Å². The molecule has 0 aromatic heterocycles. The molecular formula is C14H22N2O4S. The van der Waals surface area contributed by atoms with Gasteiger partial charge < -0.3 is 10.1 Å². The minimum absolute atomic E-state index is 0.0273. The van der Waals surface area contributed by atoms with Gasteiger partial charge in [-0.05, 0) is 45.9 Å². The summed E-state index contributed by atoms with van der Waals surface area (Å²) in [6.45, 7) is 7.47. The van der Waals surface area contributed by atoms with E-state index < -0.39 is 15.6 Å². The molecule has 1 aromatic carbocycles. The van der Waals surface area contributed by atoms with Crippen LogP contribution in [0.4, 0.5) is 0 Å². The van der Waals surface area contributed by atoms with Gasteiger partial charge in [-0.15, -0.1) is 0 Å². The third kappa shape index (κ3) is 4.71. The molecule has 0 unspecified atom stereocenters. The van der Waals surface area contributed by atoms with Crippen LogP contribution in [0.1, 0.15) is 38.1 Å². The molecule has 0 bridgehead atoms. The molecule has 6 nitrogen and oxygen atoms in total. The van der Waals surface area contributed by atoms with Gasteiger partial charge >= 0.3 is 0 Å². The normalized spacial score (nSPS) is 12.0. The molecule has 2 N–H and O–H groups in total. The van der Waals surface area contributed by atoms with Gasteiger partial charge in [-0.2, -0.15) is 0 Å². The van der Waals surface area contributed by atoms with Crippen molar-refractivity contribution in [3.8, 4) is 5.75 Å². The highest BCUT2D eigenvalue weighted by atomic mass is 32.2. The maximum absolute atomic E-state index is 12.3. The molecule has 0 saturated heterocycles. The maximum Gasteiger partial charge on any atom is 0.255 e. The SMILES string of the molecule is CCNC(=O)c1cc(S(=O)(=O)NC(C)(C)C)ccc1OC. The summed E-state index contributed by atoms with van der Waals surface area (Å²) in [5.74, 6) is -0.0437. The fourth-order valence-corrected chi connectivity index (χ4v) is 3.19. The standard InChI is InChI=1S/C14H22N2O4S/c1-6-15-13(17)11-9-10(7-8-12(11)20-5)21(18,19)16-14(2,3)4/h7-9,16H,6H2,1-5H3,(H,15,17). The Labute approximate surface area is 125 Å². The number of carbonyl (C=O) groups is 1. The number of hydrogen-bond acceptors (Lipinski definition) is 4. The Morgan fingerprint density at radius 2 is 1.90 bits per heavy atom. The molecule has 0 saturated carbocycles. The molecule has 0 aliphatic rings. The Balaban J connectivity index is 3.28. The van der Waals surface area contributed by atoms with E-state index in [0.717, 1.165) is 0 Å². The highest BCUT2D eigenvalue weighted by Gasteiger charge is 2.24. The van der Waals surface area contributed by atoms with Gasteiger partial charge in [0.25, 0.3) is 5.91 Å². The summed E-state index contributed by atoms with van der Waals surface area (Å²) in [6, 6.07) is 4.20. The van der Waals surface area contributed by atoms with Crippen LogP contribution in [0.3, 0.4) is 0 Å². The monoisotopic (exact) mass is 314 g/mol. The lowest BCUT2D eigenvalue weighted by Crippen LogP contribution is -2.40. The van der Waals surface area contributed by atoms with Gasteiger partial charge in [-0.25, -0.2) is 13.1 Å². The summed E-state index contributed by atoms with van der Waals surface area (Å²) in [5, 5.41) is 2.63. The maximum atomic E-state index is 12.3. The van der Waals surface area contributed by atoms with Crippen LogP contribution in [0.25, 0.3) is 0 Å². The molecule has 21 heavy (non-hydrogen) atoms. The van der Waals surface area contributed by atoms with E-state index in [1.807, 2.05) is 0 Å². The topological polar surface area (TPSA) is 84.5 Å². The van der Waals surface area contributed by atoms with Crippen molar-refractivity contribution in [2.24, 2.45) is 0 Å². The van der Waals surface area contributed by atoms with E-state index in [1.54, 1.807) is 27.7 Å². The molecule has 0 atom stereocenters. The van der Waals surface area contributed by atoms with Gasteiger partial charge in [-0.1, -0.05) is 0 Å². The predicted octanol–water partition coefficient (Wildman–Crippen LogP) is 1.52. The van der Waals surface area contributed by atoms with Crippen molar-refractivity contribution in [1.29, 1.82) is 0 Å². The highest BCUT2D eigenvalue weighted by Crippen LogP contribution is 2.23. The van der Waals surface area contributed by atoms with Crippen molar-refractivity contribution >= 4 is 15.9 Å². The first-order valence-electron chi connectivity index (χ1n) is 6.61. The van der Waals surface area contributed by atoms with Crippen LogP contribution in [0.15, 0.2) is 23.1 Å². The van der Waals surface area contributed by atoms with Gasteiger partial charge in [0, 0.05) is 12.1 Å². The van der Waals surface area contributed by atoms with Crippen molar-refractivity contribution in [1.82, 2.24) is 10.0 Å². The quantitative estimate of drug-likeness (QED) is 0.863. The summed E-state index contributed by atoms with van der Waals surface area (Å²) in [4.78, 5) is 12.0. The van der Waals surface area contributed by atoms with E-state index in [-0.39, 0.29) is 16.4 Å². The van der Waals surface area contributed by atoms with E-state index in [4.69, 9.17) is 4.74 Å². The smallest absolute Gasteiger partial charge is 0.255 e. The number of hydrogen-bond donors (Lipinski definition) is 2. The van der Waals surface area contributed by atoms with Gasteiger partial charge in [0.1, 0.15) is 5.75 Å². The molecule has 0 radical (unpaired) electrons. The van der Waals surface area contributed by atoms with Gasteiger partial charge in [0.15, 0.2) is 0 Å². The fraction of sp³-hybridized carbons (Fsp3) is 0.500. The molecule has 1 rings (SSSR count). The molecule has 0 fully saturated rings. The zero-order valence-electron chi connectivity index (χ0n) is 13.0. The van der Waals surface area contributed by atoms with Crippen LogP contribution in [0.5, 0.6) is 5.75 Å². The van der Waals surface area contributed by atoms with Gasteiger partial charge in [0.2, 0.25) is 10.0 Å². The Hall–Kier alpha value is -1.60. The number of benzene rings is 1. The van der Waals surface area contributed by atoms with Crippen LogP contribution >= 0.6 is 0 Å². The third-order valence-electron chi connectivity index (χ3n) is 2.50. The Bertz CT molecular complexity index is 618. The van der Waals surface area contributed by atoms with Crippen molar-refractivity contribution in [3.63, 3.8) is 0 Å². The van der Waals surface area contributed by atoms with E-state index in [9.17, 15) is 13.2 Å². The average molecular weight is 314 g/mol. The Kier molecular flexibility index (Phi) is 5.36. The molecular weight excluding hydrogens is 292 g/mol. The number of methoxy groups -OCH3 is 1. The van der Waals surface area contributed by atoms with Crippen LogP contribution in [-0.4, -0.2) is 33.5 Å². The Morgan fingerprint density at radius 3 is 2.38 bits per heavy atom. The second-order valence-electron chi connectivity index (χ2n) is 5.58. The molecule has 1 aromatic rings. The summed E-state index contributed by atoms with van der Waals surface area (Å²) >= 11 is 0. The fourth-order valence-electron chi connectivity index (χ4n) is 1.75. The summed E-state index contributed by atoms with van der Waals surface area (Å²) in [7, 11) is -2.27. The third-order valence-corrected chi connectivity index (χ3v) is 4.26. The number of nitrogens with one attached hydrogen (secondary N) is 2. The van der Waals surface area contributed by atoms with Crippen LogP contribution in [-0.2, 0) is 10.0 Å². The average Bonchev–Trinajstić information content (AvgIpc) is 2.35. The second kappa shape index (κ2) is 6.44. The zero-order valence-corrected chi connectivity index (χ0v) is 13.8. The van der Waals surface area contributed by atoms with Gasteiger partial charge in [0.05, 0.1) is 17.6 Å². The molecule has 0 aliphatic heterocycles. The first-order valence-corrected chi connectivity index (χ1v) is 8.09. The molecule has 0 heterocycles. The van der Waals surface area contributed by atoms with E-state index in [2.05, 4.69) is 10.0 Å². The van der Waals surface area contributed by atoms with Crippen molar-refractivity contribution < 1.29 is 17.9 Å². The number of amides is 1. The summed E-state index contributed by atoms with van der Waals surface area (Å²) in [6.07, 6.45) is 0. The Morgan fingerprint density at radius 1 is 1.29 bits per heavy atom. The summed E-state index contributed by atoms with van der Waals surface area (Å²) < 4.78 is 32.2. The van der Waals surface area contributed by atoms with E-state index >= 15 is 0 Å². The molecule has 1 amide bonds. The lowest BCUT2D eigenvalue weighted by molar-refractivity contribution is 0.0952. The van der Waals surface area contributed by atoms with Crippen molar-refractivity contribution in [2.75, 3.05) is 13.7 Å². The first kappa shape index (κ1) is 17.5. The zero-order chi connectivity index (χ0) is 16.3. The lowest BCUT2D eigenvalue weighted by Gasteiger charge is -2.20. The minimum Gasteiger partial charge on any atom is -0.496 e. The van der Waals surface area contributed by atoms with E-state index in [0.29, 0.717) is 12.3 Å². The van der Waals surface area contributed by atoms with Crippen molar-refractivity contribution in [2.45, 2.75) is 38.1 Å². The summed E-state index contributed by atoms with van der Waals surface area (Å²) in [5.41, 5.74) is -0.416. The number of carbonyl (C=O) groups excluding carboxylic acids is 1. The second-order valence-corrected chi connectivity index (χ2v) is 7.26. The minimum atomic E-state index is -3.70. The molecule has 0 aliphatic carbocycles.